The van der Waals surface area contributed by atoms with Crippen LogP contribution in [0.4, 0.5) is 4.79 Å². The molecule has 0 saturated carbocycles. The van der Waals surface area contributed by atoms with Crippen molar-refractivity contribution in [1.29, 1.82) is 0 Å². The quantitative estimate of drug-likeness (QED) is 0.334. The SMILES string of the molecule is CCCOCCOCCNC(=O)CCCC[C@@H]1SC[C@@H]2NC(=O)N[C@@H]21. The molecule has 0 aliphatic carbocycles. The summed E-state index contributed by atoms with van der Waals surface area (Å²) in [5.74, 6) is 1.07. The van der Waals surface area contributed by atoms with Crippen molar-refractivity contribution in [2.45, 2.75) is 56.4 Å². The van der Waals surface area contributed by atoms with Crippen LogP contribution in [0.15, 0.2) is 0 Å². The minimum atomic E-state index is -0.0428. The molecule has 3 N–H and O–H groups in total. The first-order valence-electron chi connectivity index (χ1n) is 9.31. The number of unbranched alkanes of at least 4 members (excludes halogenated alkanes) is 1. The van der Waals surface area contributed by atoms with Crippen molar-refractivity contribution in [2.24, 2.45) is 0 Å². The normalized spacial score (nSPS) is 24.7. The van der Waals surface area contributed by atoms with Crippen LogP contribution in [0.1, 0.15) is 39.0 Å². The maximum absolute atomic E-state index is 11.8. The molecule has 0 aromatic heterocycles. The zero-order valence-corrected chi connectivity index (χ0v) is 15.9. The molecule has 25 heavy (non-hydrogen) atoms. The molecule has 0 radical (unpaired) electrons. The molecular formula is C17H31N3O4S. The van der Waals surface area contributed by atoms with Crippen LogP contribution in [0.2, 0.25) is 0 Å². The highest BCUT2D eigenvalue weighted by Gasteiger charge is 2.42. The highest BCUT2D eigenvalue weighted by atomic mass is 32.2. The Morgan fingerprint density at radius 1 is 1.20 bits per heavy atom. The van der Waals surface area contributed by atoms with Gasteiger partial charge in [0.25, 0.3) is 0 Å². The van der Waals surface area contributed by atoms with Gasteiger partial charge in [0, 0.05) is 30.6 Å². The minimum Gasteiger partial charge on any atom is -0.379 e. The number of nitrogens with one attached hydrogen (secondary N) is 3. The van der Waals surface area contributed by atoms with Crippen LogP contribution in [0, 0.1) is 0 Å². The molecule has 144 valence electrons. The molecule has 2 heterocycles. The van der Waals surface area contributed by atoms with E-state index in [1.807, 2.05) is 11.8 Å². The molecule has 8 heteroatoms. The molecule has 0 spiro atoms. The highest BCUT2D eigenvalue weighted by Crippen LogP contribution is 2.33. The maximum Gasteiger partial charge on any atom is 0.315 e. The van der Waals surface area contributed by atoms with Gasteiger partial charge in [-0.25, -0.2) is 4.79 Å². The smallest absolute Gasteiger partial charge is 0.315 e. The van der Waals surface area contributed by atoms with Gasteiger partial charge < -0.3 is 25.4 Å². The lowest BCUT2D eigenvalue weighted by atomic mass is 10.0. The monoisotopic (exact) mass is 373 g/mol. The Labute approximate surface area is 154 Å². The van der Waals surface area contributed by atoms with Crippen molar-refractivity contribution in [3.8, 4) is 0 Å². The minimum absolute atomic E-state index is 0.0428. The largest absolute Gasteiger partial charge is 0.379 e. The van der Waals surface area contributed by atoms with E-state index in [1.165, 1.54) is 0 Å². The van der Waals surface area contributed by atoms with E-state index in [-0.39, 0.29) is 24.0 Å². The third-order valence-corrected chi connectivity index (χ3v) is 5.88. The molecule has 0 aromatic carbocycles. The van der Waals surface area contributed by atoms with Gasteiger partial charge in [-0.2, -0.15) is 11.8 Å². The predicted octanol–water partition coefficient (Wildman–Crippen LogP) is 1.27. The Morgan fingerprint density at radius 3 is 2.80 bits per heavy atom. The van der Waals surface area contributed by atoms with Crippen molar-refractivity contribution in [2.75, 3.05) is 38.7 Å². The van der Waals surface area contributed by atoms with Crippen LogP contribution >= 0.6 is 11.8 Å². The summed E-state index contributed by atoms with van der Waals surface area (Å²) < 4.78 is 10.7. The number of amides is 3. The van der Waals surface area contributed by atoms with Crippen LogP contribution < -0.4 is 16.0 Å². The summed E-state index contributed by atoms with van der Waals surface area (Å²) in [7, 11) is 0. The van der Waals surface area contributed by atoms with Crippen molar-refractivity contribution < 1.29 is 19.1 Å². The number of urea groups is 1. The molecule has 0 bridgehead atoms. The van der Waals surface area contributed by atoms with E-state index in [9.17, 15) is 9.59 Å². The third kappa shape index (κ3) is 7.42. The third-order valence-electron chi connectivity index (χ3n) is 4.37. The summed E-state index contributed by atoms with van der Waals surface area (Å²) in [5, 5.41) is 9.29. The van der Waals surface area contributed by atoms with Crippen LogP contribution in [-0.4, -0.2) is 68.0 Å². The first kappa shape index (κ1) is 20.3. The zero-order valence-electron chi connectivity index (χ0n) is 15.1. The van der Waals surface area contributed by atoms with Gasteiger partial charge in [0.15, 0.2) is 0 Å². The zero-order chi connectivity index (χ0) is 17.9. The van der Waals surface area contributed by atoms with E-state index in [0.29, 0.717) is 38.0 Å². The molecular weight excluding hydrogens is 342 g/mol. The highest BCUT2D eigenvalue weighted by molar-refractivity contribution is 8.00. The van der Waals surface area contributed by atoms with Gasteiger partial charge in [0.1, 0.15) is 0 Å². The molecule has 0 unspecified atom stereocenters. The lowest BCUT2D eigenvalue weighted by Gasteiger charge is -2.16. The fraction of sp³-hybridized carbons (Fsp3) is 0.882. The van der Waals surface area contributed by atoms with Gasteiger partial charge in [-0.1, -0.05) is 13.3 Å². The van der Waals surface area contributed by atoms with Gasteiger partial charge in [-0.3, -0.25) is 4.79 Å². The molecule has 0 aromatic rings. The molecule has 2 aliphatic rings. The molecule has 2 aliphatic heterocycles. The second-order valence-electron chi connectivity index (χ2n) is 6.44. The van der Waals surface area contributed by atoms with Crippen molar-refractivity contribution in [1.82, 2.24) is 16.0 Å². The van der Waals surface area contributed by atoms with E-state index in [2.05, 4.69) is 22.9 Å². The second-order valence-corrected chi connectivity index (χ2v) is 7.71. The Bertz CT molecular complexity index is 425. The average Bonchev–Trinajstić information content (AvgIpc) is 3.13. The number of carbonyl (C=O) groups excluding carboxylic acids is 2. The van der Waals surface area contributed by atoms with E-state index in [4.69, 9.17) is 9.47 Å². The van der Waals surface area contributed by atoms with Gasteiger partial charge >= 0.3 is 6.03 Å². The van der Waals surface area contributed by atoms with Crippen LogP contribution in [-0.2, 0) is 14.3 Å². The maximum atomic E-state index is 11.8. The Hall–Kier alpha value is -0.990. The number of rotatable bonds is 13. The van der Waals surface area contributed by atoms with Crippen molar-refractivity contribution >= 4 is 23.7 Å². The fourth-order valence-electron chi connectivity index (χ4n) is 3.09. The van der Waals surface area contributed by atoms with E-state index in [0.717, 1.165) is 38.0 Å². The first-order chi connectivity index (χ1) is 12.2. The number of fused-ring (bicyclic) bond motifs is 1. The Kier molecular flexibility index (Phi) is 9.42. The summed E-state index contributed by atoms with van der Waals surface area (Å²) in [5.41, 5.74) is 0. The number of carbonyl (C=O) groups is 2. The molecule has 7 nitrogen and oxygen atoms in total. The molecule has 2 rings (SSSR count). The Balaban J connectivity index is 1.41. The molecule has 3 atom stereocenters. The van der Waals surface area contributed by atoms with Gasteiger partial charge in [0.2, 0.25) is 5.91 Å². The number of hydrogen-bond acceptors (Lipinski definition) is 5. The van der Waals surface area contributed by atoms with Gasteiger partial charge in [-0.05, 0) is 19.3 Å². The molecule has 3 amide bonds. The summed E-state index contributed by atoms with van der Waals surface area (Å²) in [4.78, 5) is 23.1. The van der Waals surface area contributed by atoms with Crippen LogP contribution in [0.5, 0.6) is 0 Å². The molecule has 2 fully saturated rings. The number of hydrogen-bond donors (Lipinski definition) is 3. The van der Waals surface area contributed by atoms with E-state index >= 15 is 0 Å². The van der Waals surface area contributed by atoms with E-state index < -0.39 is 0 Å². The number of ether oxygens (including phenoxy) is 2. The van der Waals surface area contributed by atoms with Crippen molar-refractivity contribution in [3.63, 3.8) is 0 Å². The summed E-state index contributed by atoms with van der Waals surface area (Å²) in [6.45, 7) is 5.09. The lowest BCUT2D eigenvalue weighted by Crippen LogP contribution is -2.36. The second kappa shape index (κ2) is 11.6. The van der Waals surface area contributed by atoms with Crippen LogP contribution in [0.25, 0.3) is 0 Å². The number of thioether (sulfide) groups is 1. The van der Waals surface area contributed by atoms with Crippen LogP contribution in [0.3, 0.4) is 0 Å². The average molecular weight is 374 g/mol. The van der Waals surface area contributed by atoms with Gasteiger partial charge in [0.05, 0.1) is 31.9 Å². The predicted molar refractivity (Wildman–Crippen MR) is 98.9 cm³/mol. The van der Waals surface area contributed by atoms with Crippen molar-refractivity contribution in [3.05, 3.63) is 0 Å². The van der Waals surface area contributed by atoms with Gasteiger partial charge in [-0.15, -0.1) is 0 Å². The van der Waals surface area contributed by atoms with E-state index in [1.54, 1.807) is 0 Å². The first-order valence-corrected chi connectivity index (χ1v) is 10.4. The topological polar surface area (TPSA) is 88.7 Å². The Morgan fingerprint density at radius 2 is 2.00 bits per heavy atom. The fourth-order valence-corrected chi connectivity index (χ4v) is 4.63. The standard InChI is InChI=1S/C17H31N3O4S/c1-2-8-23-10-11-24-9-7-18-15(21)6-4-3-5-14-16-13(12-25-14)19-17(22)20-16/h13-14,16H,2-12H2,1H3,(H,18,21)(H2,19,20,22)/t13-,14-,16-/m0/s1. The summed E-state index contributed by atoms with van der Waals surface area (Å²) >= 11 is 1.92. The summed E-state index contributed by atoms with van der Waals surface area (Å²) in [6, 6.07) is 0.488. The lowest BCUT2D eigenvalue weighted by molar-refractivity contribution is -0.121. The molecule has 2 saturated heterocycles. The summed E-state index contributed by atoms with van der Waals surface area (Å²) in [6.07, 6.45) is 4.50.